The Kier molecular flexibility index (Phi) is 3.74. The van der Waals surface area contributed by atoms with E-state index in [-0.39, 0.29) is 24.4 Å². The minimum absolute atomic E-state index is 0.0431. The van der Waals surface area contributed by atoms with Gasteiger partial charge in [-0.05, 0) is 12.5 Å². The molecule has 0 saturated heterocycles. The fourth-order valence-corrected chi connectivity index (χ4v) is 2.48. The molecule has 1 N–H and O–H groups in total. The first-order valence-electron chi connectivity index (χ1n) is 6.99. The molecule has 0 amide bonds. The number of rotatable bonds is 5. The summed E-state index contributed by atoms with van der Waals surface area (Å²) in [6.07, 6.45) is 0.221. The molecule has 3 rings (SSSR count). The van der Waals surface area contributed by atoms with E-state index in [1.165, 1.54) is 0 Å². The number of para-hydroxylation sites is 1. The number of fused-ring (bicyclic) bond motifs is 1. The molecule has 0 aliphatic carbocycles. The summed E-state index contributed by atoms with van der Waals surface area (Å²) in [5.74, 6) is -0.894. The van der Waals surface area contributed by atoms with Gasteiger partial charge in [0.15, 0.2) is 5.76 Å². The number of carbonyl (C=O) groups excluding carboxylic acids is 1. The monoisotopic (exact) mass is 294 g/mol. The van der Waals surface area contributed by atoms with E-state index in [2.05, 4.69) is 0 Å². The maximum absolute atomic E-state index is 12.6. The molecule has 0 aliphatic rings. The lowest BCUT2D eigenvalue weighted by Gasteiger charge is -2.01. The third kappa shape index (κ3) is 2.63. The van der Waals surface area contributed by atoms with Crippen molar-refractivity contribution in [1.82, 2.24) is 0 Å². The average molecular weight is 294 g/mol. The molecule has 0 spiro atoms. The van der Waals surface area contributed by atoms with Crippen LogP contribution in [0.2, 0.25) is 0 Å². The van der Waals surface area contributed by atoms with Crippen molar-refractivity contribution in [3.05, 3.63) is 71.5 Å². The molecule has 1 heterocycles. The Bertz CT molecular complexity index is 831. The molecule has 0 radical (unpaired) electrons. The predicted molar refractivity (Wildman–Crippen MR) is 82.0 cm³/mol. The summed E-state index contributed by atoms with van der Waals surface area (Å²) >= 11 is 0. The maximum Gasteiger partial charge on any atom is 0.303 e. The highest BCUT2D eigenvalue weighted by Gasteiger charge is 2.21. The van der Waals surface area contributed by atoms with Crippen molar-refractivity contribution in [1.29, 1.82) is 0 Å². The number of hydrogen-bond donors (Lipinski definition) is 1. The van der Waals surface area contributed by atoms with E-state index in [1.54, 1.807) is 30.3 Å². The highest BCUT2D eigenvalue weighted by Crippen LogP contribution is 2.28. The first-order valence-corrected chi connectivity index (χ1v) is 6.99. The molecule has 0 bridgehead atoms. The Morgan fingerprint density at radius 2 is 1.64 bits per heavy atom. The van der Waals surface area contributed by atoms with Gasteiger partial charge in [-0.2, -0.15) is 0 Å². The number of carbonyl (C=O) groups is 2. The molecule has 3 aromatic rings. The van der Waals surface area contributed by atoms with Crippen LogP contribution in [0, 0.1) is 0 Å². The Labute approximate surface area is 127 Å². The Morgan fingerprint density at radius 1 is 0.955 bits per heavy atom. The van der Waals surface area contributed by atoms with Crippen molar-refractivity contribution in [3.63, 3.8) is 0 Å². The standard InChI is InChI=1S/C18H14O4/c19-16(20)11-10-14-13-8-4-5-9-15(13)22-18(14)17(21)12-6-2-1-3-7-12/h1-9H,10-11H2,(H,19,20). The van der Waals surface area contributed by atoms with E-state index in [0.29, 0.717) is 16.7 Å². The maximum atomic E-state index is 12.6. The largest absolute Gasteiger partial charge is 0.481 e. The van der Waals surface area contributed by atoms with Gasteiger partial charge in [0.2, 0.25) is 5.78 Å². The van der Waals surface area contributed by atoms with Crippen molar-refractivity contribution in [2.45, 2.75) is 12.8 Å². The van der Waals surface area contributed by atoms with Crippen molar-refractivity contribution in [2.24, 2.45) is 0 Å². The van der Waals surface area contributed by atoms with Gasteiger partial charge in [-0.3, -0.25) is 9.59 Å². The van der Waals surface area contributed by atoms with E-state index in [1.807, 2.05) is 24.3 Å². The molecule has 110 valence electrons. The van der Waals surface area contributed by atoms with E-state index in [9.17, 15) is 9.59 Å². The Morgan fingerprint density at radius 3 is 2.36 bits per heavy atom. The Balaban J connectivity index is 2.09. The molecule has 0 unspecified atom stereocenters. The summed E-state index contributed by atoms with van der Waals surface area (Å²) in [5, 5.41) is 9.71. The van der Waals surface area contributed by atoms with Gasteiger partial charge in [-0.25, -0.2) is 0 Å². The van der Waals surface area contributed by atoms with Gasteiger partial charge in [0.25, 0.3) is 0 Å². The van der Waals surface area contributed by atoms with Gasteiger partial charge in [0.1, 0.15) is 5.58 Å². The minimum atomic E-state index is -0.900. The summed E-state index contributed by atoms with van der Waals surface area (Å²) in [6.45, 7) is 0. The molecule has 0 atom stereocenters. The van der Waals surface area contributed by atoms with E-state index in [4.69, 9.17) is 9.52 Å². The first-order chi connectivity index (χ1) is 10.7. The van der Waals surface area contributed by atoms with Crippen LogP contribution >= 0.6 is 0 Å². The lowest BCUT2D eigenvalue weighted by Crippen LogP contribution is -2.05. The van der Waals surface area contributed by atoms with Gasteiger partial charge in [-0.15, -0.1) is 0 Å². The van der Waals surface area contributed by atoms with Crippen LogP contribution in [0.15, 0.2) is 59.0 Å². The number of aliphatic carboxylic acids is 1. The summed E-state index contributed by atoms with van der Waals surface area (Å²) in [6, 6.07) is 16.1. The number of benzene rings is 2. The topological polar surface area (TPSA) is 67.5 Å². The van der Waals surface area contributed by atoms with Crippen molar-refractivity contribution < 1.29 is 19.1 Å². The number of hydrogen-bond acceptors (Lipinski definition) is 3. The van der Waals surface area contributed by atoms with Crippen LogP contribution in [0.4, 0.5) is 0 Å². The lowest BCUT2D eigenvalue weighted by molar-refractivity contribution is -0.136. The van der Waals surface area contributed by atoms with Gasteiger partial charge in [0, 0.05) is 22.9 Å². The van der Waals surface area contributed by atoms with Crippen LogP contribution in [-0.4, -0.2) is 16.9 Å². The van der Waals surface area contributed by atoms with Gasteiger partial charge < -0.3 is 9.52 Å². The van der Waals surface area contributed by atoms with Crippen LogP contribution in [0.1, 0.15) is 28.1 Å². The Hall–Kier alpha value is -2.88. The predicted octanol–water partition coefficient (Wildman–Crippen LogP) is 3.68. The third-order valence-electron chi connectivity index (χ3n) is 3.53. The molecular weight excluding hydrogens is 280 g/mol. The first kappa shape index (κ1) is 14.1. The quantitative estimate of drug-likeness (QED) is 0.729. The number of ketones is 1. The van der Waals surface area contributed by atoms with Crippen LogP contribution in [0.5, 0.6) is 0 Å². The second-order valence-electron chi connectivity index (χ2n) is 4.99. The molecule has 4 nitrogen and oxygen atoms in total. The van der Waals surface area contributed by atoms with Gasteiger partial charge in [-0.1, -0.05) is 48.5 Å². The van der Waals surface area contributed by atoms with Gasteiger partial charge in [0.05, 0.1) is 0 Å². The second kappa shape index (κ2) is 5.85. The molecule has 4 heteroatoms. The van der Waals surface area contributed by atoms with E-state index >= 15 is 0 Å². The van der Waals surface area contributed by atoms with Crippen molar-refractivity contribution in [2.75, 3.05) is 0 Å². The summed E-state index contributed by atoms with van der Waals surface area (Å²) in [4.78, 5) is 23.5. The van der Waals surface area contributed by atoms with Gasteiger partial charge >= 0.3 is 5.97 Å². The lowest BCUT2D eigenvalue weighted by atomic mass is 10.0. The fourth-order valence-electron chi connectivity index (χ4n) is 2.48. The zero-order chi connectivity index (χ0) is 15.5. The summed E-state index contributed by atoms with van der Waals surface area (Å²) in [5.41, 5.74) is 1.78. The van der Waals surface area contributed by atoms with E-state index < -0.39 is 5.97 Å². The normalized spacial score (nSPS) is 10.7. The highest BCUT2D eigenvalue weighted by atomic mass is 16.4. The second-order valence-corrected chi connectivity index (χ2v) is 4.99. The molecule has 2 aromatic carbocycles. The molecule has 0 saturated carbocycles. The molecular formula is C18H14O4. The fraction of sp³-hybridized carbons (Fsp3) is 0.111. The zero-order valence-electron chi connectivity index (χ0n) is 11.8. The van der Waals surface area contributed by atoms with Crippen molar-refractivity contribution >= 4 is 22.7 Å². The zero-order valence-corrected chi connectivity index (χ0v) is 11.8. The minimum Gasteiger partial charge on any atom is -0.481 e. The molecule has 22 heavy (non-hydrogen) atoms. The van der Waals surface area contributed by atoms with E-state index in [0.717, 1.165) is 5.39 Å². The summed E-state index contributed by atoms with van der Waals surface area (Å²) < 4.78 is 5.71. The number of aryl methyl sites for hydroxylation is 1. The smallest absolute Gasteiger partial charge is 0.303 e. The molecule has 0 aliphatic heterocycles. The van der Waals surface area contributed by atoms with Crippen LogP contribution < -0.4 is 0 Å². The van der Waals surface area contributed by atoms with Crippen molar-refractivity contribution in [3.8, 4) is 0 Å². The third-order valence-corrected chi connectivity index (χ3v) is 3.53. The number of carboxylic acids is 1. The average Bonchev–Trinajstić information content (AvgIpc) is 2.91. The van der Waals surface area contributed by atoms with Crippen LogP contribution in [0.3, 0.4) is 0 Å². The SMILES string of the molecule is O=C(O)CCc1c(C(=O)c2ccccc2)oc2ccccc12. The molecule has 0 fully saturated rings. The van der Waals surface area contributed by atoms with Crippen LogP contribution in [-0.2, 0) is 11.2 Å². The van der Waals surface area contributed by atoms with Crippen LogP contribution in [0.25, 0.3) is 11.0 Å². The number of furan rings is 1. The summed E-state index contributed by atoms with van der Waals surface area (Å²) in [7, 11) is 0. The number of carboxylic acid groups (broad SMARTS) is 1. The highest BCUT2D eigenvalue weighted by molar-refractivity contribution is 6.10. The molecule has 1 aromatic heterocycles.